The van der Waals surface area contributed by atoms with E-state index >= 15 is 0 Å². The average Bonchev–Trinajstić information content (AvgIpc) is 1.87. The van der Waals surface area contributed by atoms with Gasteiger partial charge in [-0.25, -0.2) is 29.9 Å². The van der Waals surface area contributed by atoms with Gasteiger partial charge in [0.1, 0.15) is 21.4 Å². The van der Waals surface area contributed by atoms with Crippen molar-refractivity contribution < 1.29 is 15.3 Å². The van der Waals surface area contributed by atoms with Gasteiger partial charge >= 0.3 is 0 Å². The molecule has 0 bridgehead atoms. The Balaban J connectivity index is 0.000000144. The van der Waals surface area contributed by atoms with Crippen LogP contribution in [0.15, 0.2) is 24.8 Å². The Kier molecular flexibility index (Phi) is 25.6. The second kappa shape index (κ2) is 33.0. The fraction of sp³-hybridized carbons (Fsp3) is 0.644. The molecule has 3 aliphatic heterocycles. The van der Waals surface area contributed by atoms with Crippen LogP contribution in [-0.4, -0.2) is 188 Å². The Labute approximate surface area is 559 Å². The molecule has 492 valence electrons. The molecule has 0 amide bonds. The molecule has 0 spiro atoms. The van der Waals surface area contributed by atoms with E-state index in [0.29, 0.717) is 52.5 Å². The van der Waals surface area contributed by atoms with Crippen LogP contribution in [0.4, 0.5) is 29.0 Å². The van der Waals surface area contributed by atoms with Gasteiger partial charge in [-0.05, 0) is 160 Å². The van der Waals surface area contributed by atoms with E-state index in [1.165, 1.54) is 62.7 Å². The first kappa shape index (κ1) is 69.7. The second-order valence-corrected chi connectivity index (χ2v) is 28.9. The van der Waals surface area contributed by atoms with Gasteiger partial charge in [-0.1, -0.05) is 45.6 Å². The van der Waals surface area contributed by atoms with Crippen LogP contribution in [0.25, 0.3) is 31.0 Å². The fourth-order valence-electron chi connectivity index (χ4n) is 12.8. The Morgan fingerprint density at radius 1 is 0.478 bits per heavy atom. The van der Waals surface area contributed by atoms with E-state index in [4.69, 9.17) is 51.3 Å². The van der Waals surface area contributed by atoms with E-state index in [-0.39, 0.29) is 41.3 Å². The number of fused-ring (bicyclic) bond motifs is 3. The number of nitrogens with zero attached hydrogens (tertiary/aromatic N) is 16. The number of hydrogen-bond acceptors (Lipinski definition) is 25. The standard InChI is InChI=1S/C21H30N8OS.C17H24ClN5OS.C11H22N2O.C6H3Cl2N3S.C4H7N3.ClH/c1-13-23-18-19(26-21(27-20(18)31-13)25-15-11-22-28(2)12-15)24-14-3-5-16(6-4-14)29-9-7-17(30)8-10-29;1-10-19-14-15(21-17(18)22-16(14)25-10)20-11-2-4-12(5-3-11)23-8-6-13(24)7-9-23;12-9-1-3-10(4-2-9)13-7-5-11(14)6-8-13;1-2-9-3-4(7)10-6(8)11-5(3)12-2;1-7-3-4(5)2-6-7;/h11-12,14,16-17,30H,3-10H2,1-2H3,(H2,24,25,26,27);11-13,24H,2-9H2,1H3,(H,20,21,22);9-11,14H,1-8,12H2;1H3;2-3H,5H2,1H3;1H. The zero-order chi connectivity index (χ0) is 62.7. The number of aliphatic hydroxyl groups excluding tert-OH is 3. The molecule has 14 rings (SSSR count). The maximum absolute atomic E-state index is 9.77. The van der Waals surface area contributed by atoms with Crippen LogP contribution in [0.5, 0.6) is 0 Å². The lowest BCUT2D eigenvalue weighted by Gasteiger charge is -2.40. The second-order valence-electron chi connectivity index (χ2n) is 24.3. The van der Waals surface area contributed by atoms with Crippen LogP contribution >= 0.6 is 81.2 Å². The van der Waals surface area contributed by atoms with Gasteiger partial charge in [-0.3, -0.25) is 9.36 Å². The average molecular weight is 1380 g/mol. The van der Waals surface area contributed by atoms with E-state index < -0.39 is 0 Å². The van der Waals surface area contributed by atoms with Crippen molar-refractivity contribution in [2.24, 2.45) is 19.8 Å². The summed E-state index contributed by atoms with van der Waals surface area (Å²) in [6.07, 6.45) is 26.4. The van der Waals surface area contributed by atoms with Crippen molar-refractivity contribution in [2.75, 3.05) is 61.0 Å². The van der Waals surface area contributed by atoms with Gasteiger partial charge in [-0.15, -0.1) is 12.4 Å². The van der Waals surface area contributed by atoms with Crippen molar-refractivity contribution in [1.29, 1.82) is 0 Å². The molecule has 3 saturated carbocycles. The van der Waals surface area contributed by atoms with Crippen molar-refractivity contribution in [3.8, 4) is 0 Å². The molecule has 10 N–H and O–H groups in total. The number of aliphatic hydroxyl groups is 3. The molecule has 3 aliphatic carbocycles. The highest BCUT2D eigenvalue weighted by Gasteiger charge is 2.32. The highest BCUT2D eigenvalue weighted by atomic mass is 35.5. The van der Waals surface area contributed by atoms with E-state index in [0.717, 1.165) is 167 Å². The van der Waals surface area contributed by atoms with Gasteiger partial charge in [0.15, 0.2) is 26.4 Å². The maximum atomic E-state index is 9.77. The van der Waals surface area contributed by atoms with Crippen LogP contribution in [0.1, 0.15) is 131 Å². The Morgan fingerprint density at radius 2 is 0.867 bits per heavy atom. The maximum Gasteiger partial charge on any atom is 0.230 e. The number of nitrogen functional groups attached to an aromatic ring is 1. The van der Waals surface area contributed by atoms with Crippen LogP contribution < -0.4 is 27.4 Å². The predicted molar refractivity (Wildman–Crippen MR) is 366 cm³/mol. The number of thiazole rings is 3. The Morgan fingerprint density at radius 3 is 1.28 bits per heavy atom. The quantitative estimate of drug-likeness (QED) is 0.0492. The zero-order valence-corrected chi connectivity index (χ0v) is 57.4. The monoisotopic (exact) mass is 1370 g/mol. The minimum atomic E-state index is -0.106. The van der Waals surface area contributed by atoms with Crippen molar-refractivity contribution in [1.82, 2.24) is 79.1 Å². The number of hydrogen-bond donors (Lipinski definition) is 8. The molecule has 6 fully saturated rings. The van der Waals surface area contributed by atoms with E-state index in [1.807, 2.05) is 41.1 Å². The minimum absolute atomic E-state index is 0. The first-order valence-electron chi connectivity index (χ1n) is 31.3. The molecule has 6 aliphatic rings. The number of nitrogens with one attached hydrogen (secondary N) is 3. The molecule has 0 atom stereocenters. The molecule has 0 unspecified atom stereocenters. The molecule has 0 radical (unpaired) electrons. The first-order valence-corrected chi connectivity index (χ1v) is 34.9. The van der Waals surface area contributed by atoms with Gasteiger partial charge in [0.25, 0.3) is 0 Å². The lowest BCUT2D eigenvalue weighted by molar-refractivity contribution is 0.0488. The molecule has 3 saturated heterocycles. The van der Waals surface area contributed by atoms with Crippen molar-refractivity contribution in [3.63, 3.8) is 0 Å². The number of halogens is 4. The van der Waals surface area contributed by atoms with E-state index in [9.17, 15) is 15.3 Å². The smallest absolute Gasteiger partial charge is 0.230 e. The number of aryl methyl sites for hydroxylation is 5. The highest BCUT2D eigenvalue weighted by molar-refractivity contribution is 7.18. The topological polar surface area (TPSA) is 310 Å². The summed E-state index contributed by atoms with van der Waals surface area (Å²) in [5.41, 5.74) is 15.1. The summed E-state index contributed by atoms with van der Waals surface area (Å²) < 4.78 is 3.41. The van der Waals surface area contributed by atoms with Gasteiger partial charge in [-0.2, -0.15) is 25.1 Å². The van der Waals surface area contributed by atoms with E-state index in [1.54, 1.807) is 50.6 Å². The van der Waals surface area contributed by atoms with E-state index in [2.05, 4.69) is 80.7 Å². The summed E-state index contributed by atoms with van der Waals surface area (Å²) in [7, 11) is 3.72. The minimum Gasteiger partial charge on any atom is -0.396 e. The van der Waals surface area contributed by atoms with Crippen molar-refractivity contribution in [3.05, 3.63) is 55.5 Å². The molecular formula is C59H87Cl4N21O3S3. The molecule has 8 aromatic heterocycles. The van der Waals surface area contributed by atoms with Crippen molar-refractivity contribution in [2.45, 2.75) is 191 Å². The van der Waals surface area contributed by atoms with Gasteiger partial charge < -0.3 is 57.4 Å². The number of piperidine rings is 3. The molecule has 0 aromatic carbocycles. The summed E-state index contributed by atoms with van der Waals surface area (Å²) in [5.74, 6) is 2.14. The third-order valence-electron chi connectivity index (χ3n) is 17.5. The zero-order valence-electron chi connectivity index (χ0n) is 51.9. The lowest BCUT2D eigenvalue weighted by Crippen LogP contribution is -2.45. The summed E-state index contributed by atoms with van der Waals surface area (Å²) in [5, 5.41) is 51.0. The van der Waals surface area contributed by atoms with Crippen LogP contribution in [0.3, 0.4) is 0 Å². The molecular weight excluding hydrogens is 1290 g/mol. The van der Waals surface area contributed by atoms with Gasteiger partial charge in [0.05, 0.1) is 57.1 Å². The first-order chi connectivity index (χ1) is 42.8. The number of rotatable bonds is 9. The van der Waals surface area contributed by atoms with Crippen molar-refractivity contribution >= 4 is 141 Å². The third-order valence-corrected chi connectivity index (χ3v) is 20.7. The summed E-state index contributed by atoms with van der Waals surface area (Å²) in [4.78, 5) is 49.4. The highest BCUT2D eigenvalue weighted by Crippen LogP contribution is 2.35. The van der Waals surface area contributed by atoms with Gasteiger partial charge in [0.2, 0.25) is 16.5 Å². The number of nitrogens with two attached hydrogens (primary N) is 2. The molecule has 90 heavy (non-hydrogen) atoms. The third kappa shape index (κ3) is 19.7. The van der Waals surface area contributed by atoms with Crippen LogP contribution in [-0.2, 0) is 14.1 Å². The van der Waals surface area contributed by atoms with Crippen LogP contribution in [0, 0.1) is 20.8 Å². The summed E-state index contributed by atoms with van der Waals surface area (Å²) >= 11 is 22.1. The Hall–Kier alpha value is -4.59. The molecule has 31 heteroatoms. The Bertz CT molecular complexity index is 3470. The number of anilines is 5. The normalized spacial score (nSPS) is 23.3. The number of aromatic nitrogens is 13. The van der Waals surface area contributed by atoms with Crippen LogP contribution in [0.2, 0.25) is 15.7 Å². The van der Waals surface area contributed by atoms with Gasteiger partial charge in [0, 0.05) is 102 Å². The SMILES string of the molecule is Cc1nc2c(Cl)nc(Cl)nc2s1.Cc1nc2c(NC3CCC(N4CCC(O)CC4)CC3)nc(Cl)nc2s1.Cc1nc2c(NC3CCC(N4CCC(O)CC4)CC3)nc(Nc3cnn(C)c3)nc2s1.Cl.Cn1cc(N)cn1.NC1CCC(N2CCC(O)CC2)CC1. The lowest BCUT2D eigenvalue weighted by atomic mass is 9.89. The summed E-state index contributed by atoms with van der Waals surface area (Å²) in [6, 6.07) is 3.28. The summed E-state index contributed by atoms with van der Waals surface area (Å²) in [6.45, 7) is 12.2. The largest absolute Gasteiger partial charge is 0.396 e. The molecule has 8 aromatic rings. The fourth-order valence-corrected chi connectivity index (χ4v) is 15.9. The molecule has 24 nitrogen and oxygen atoms in total. The molecule has 11 heterocycles. The predicted octanol–water partition coefficient (Wildman–Crippen LogP) is 10.1. The number of likely N-dealkylation sites (tertiary alicyclic amines) is 3.